The second-order valence-electron chi connectivity index (χ2n) is 5.08. The summed E-state index contributed by atoms with van der Waals surface area (Å²) >= 11 is 1.67. The van der Waals surface area contributed by atoms with E-state index >= 15 is 0 Å². The smallest absolute Gasteiger partial charge is 0.183 e. The molecule has 4 aromatic rings. The molecule has 0 aliphatic rings. The van der Waals surface area contributed by atoms with Gasteiger partial charge in [-0.15, -0.1) is 0 Å². The molecule has 0 amide bonds. The molecule has 0 saturated heterocycles. The number of thiazole rings is 1. The first-order valence-corrected chi connectivity index (χ1v) is 8.25. The fourth-order valence-electron chi connectivity index (χ4n) is 2.35. The average molecular weight is 321 g/mol. The lowest BCUT2D eigenvalue weighted by molar-refractivity contribution is 1.06. The Kier molecular flexibility index (Phi) is 3.73. The van der Waals surface area contributed by atoms with Gasteiger partial charge in [0.2, 0.25) is 0 Å². The van der Waals surface area contributed by atoms with Crippen LogP contribution < -0.4 is 10.6 Å². The van der Waals surface area contributed by atoms with Gasteiger partial charge in [0.1, 0.15) is 5.82 Å². The highest BCUT2D eigenvalue weighted by Gasteiger charge is 2.02. The number of para-hydroxylation sites is 3. The highest BCUT2D eigenvalue weighted by Crippen LogP contribution is 2.24. The van der Waals surface area contributed by atoms with E-state index in [0.717, 1.165) is 40.6 Å². The van der Waals surface area contributed by atoms with Crippen LogP contribution >= 0.6 is 11.3 Å². The molecule has 0 aliphatic carbocycles. The van der Waals surface area contributed by atoms with E-state index in [1.165, 1.54) is 4.70 Å². The first kappa shape index (κ1) is 13.9. The van der Waals surface area contributed by atoms with E-state index in [1.807, 2.05) is 42.5 Å². The number of benzene rings is 2. The number of hydrogen-bond donors (Lipinski definition) is 2. The fraction of sp³-hybridized carbons (Fsp3) is 0.118. The Morgan fingerprint density at radius 3 is 2.39 bits per heavy atom. The summed E-state index contributed by atoms with van der Waals surface area (Å²) in [6, 6.07) is 16.0. The van der Waals surface area contributed by atoms with E-state index in [9.17, 15) is 0 Å². The average Bonchev–Trinajstić information content (AvgIpc) is 3.01. The molecule has 2 aromatic carbocycles. The second-order valence-corrected chi connectivity index (χ2v) is 6.11. The van der Waals surface area contributed by atoms with Crippen molar-refractivity contribution >= 4 is 43.5 Å². The standard InChI is InChI=1S/C17H15N5S/c1-2-6-13-12(5-1)20-11-16(21-13)18-9-10-19-17-22-14-7-3-4-8-15(14)23-17/h1-8,11H,9-10H2,(H,18,21)(H,19,22). The fourth-order valence-corrected chi connectivity index (χ4v) is 3.24. The zero-order valence-corrected chi connectivity index (χ0v) is 13.2. The third kappa shape index (κ3) is 3.07. The Balaban J connectivity index is 1.35. The van der Waals surface area contributed by atoms with E-state index in [2.05, 4.69) is 31.7 Å². The van der Waals surface area contributed by atoms with Crippen LogP contribution in [0.1, 0.15) is 0 Å². The molecule has 0 aliphatic heterocycles. The Morgan fingerprint density at radius 1 is 0.783 bits per heavy atom. The molecule has 2 aromatic heterocycles. The van der Waals surface area contributed by atoms with Gasteiger partial charge in [-0.1, -0.05) is 35.6 Å². The predicted octanol–water partition coefficient (Wildman–Crippen LogP) is 3.76. The Labute approximate surface area is 137 Å². The van der Waals surface area contributed by atoms with Gasteiger partial charge < -0.3 is 10.6 Å². The highest BCUT2D eigenvalue weighted by atomic mass is 32.1. The molecular weight excluding hydrogens is 306 g/mol. The third-order valence-corrected chi connectivity index (χ3v) is 4.44. The molecule has 2 N–H and O–H groups in total. The SMILES string of the molecule is c1ccc2nc(NCCNc3nc4ccccc4s3)cnc2c1. The summed E-state index contributed by atoms with van der Waals surface area (Å²) in [6.07, 6.45) is 1.76. The molecule has 23 heavy (non-hydrogen) atoms. The molecule has 2 heterocycles. The lowest BCUT2D eigenvalue weighted by Crippen LogP contribution is -2.14. The first-order chi connectivity index (χ1) is 11.4. The van der Waals surface area contributed by atoms with Crippen LogP contribution in [0.5, 0.6) is 0 Å². The van der Waals surface area contributed by atoms with Crippen molar-refractivity contribution < 1.29 is 0 Å². The van der Waals surface area contributed by atoms with Crippen molar-refractivity contribution in [2.75, 3.05) is 23.7 Å². The van der Waals surface area contributed by atoms with Crippen molar-refractivity contribution in [1.29, 1.82) is 0 Å². The van der Waals surface area contributed by atoms with Gasteiger partial charge in [0, 0.05) is 13.1 Å². The van der Waals surface area contributed by atoms with Crippen LogP contribution in [0.4, 0.5) is 10.9 Å². The zero-order chi connectivity index (χ0) is 15.5. The number of nitrogens with zero attached hydrogens (tertiary/aromatic N) is 3. The summed E-state index contributed by atoms with van der Waals surface area (Å²) in [5, 5.41) is 7.56. The molecule has 4 rings (SSSR count). The van der Waals surface area contributed by atoms with Gasteiger partial charge in [0.05, 0.1) is 27.4 Å². The molecule has 6 heteroatoms. The van der Waals surface area contributed by atoms with Gasteiger partial charge in [-0.2, -0.15) is 0 Å². The van der Waals surface area contributed by atoms with Crippen molar-refractivity contribution in [3.8, 4) is 0 Å². The maximum absolute atomic E-state index is 4.55. The number of anilines is 2. The summed E-state index contributed by atoms with van der Waals surface area (Å²) in [5.41, 5.74) is 2.84. The summed E-state index contributed by atoms with van der Waals surface area (Å²) in [5.74, 6) is 0.787. The minimum Gasteiger partial charge on any atom is -0.367 e. The molecule has 0 bridgehead atoms. The molecule has 5 nitrogen and oxygen atoms in total. The largest absolute Gasteiger partial charge is 0.367 e. The molecule has 0 radical (unpaired) electrons. The van der Waals surface area contributed by atoms with Gasteiger partial charge in [0.15, 0.2) is 5.13 Å². The van der Waals surface area contributed by atoms with Crippen LogP contribution in [0, 0.1) is 0 Å². The van der Waals surface area contributed by atoms with Crippen molar-refractivity contribution in [3.05, 3.63) is 54.7 Å². The molecule has 0 atom stereocenters. The number of rotatable bonds is 5. The minimum absolute atomic E-state index is 0.753. The Morgan fingerprint density at radius 2 is 1.52 bits per heavy atom. The third-order valence-electron chi connectivity index (χ3n) is 3.45. The molecule has 0 fully saturated rings. The van der Waals surface area contributed by atoms with Gasteiger partial charge in [-0.25, -0.2) is 9.97 Å². The van der Waals surface area contributed by atoms with Gasteiger partial charge in [-0.05, 0) is 24.3 Å². The summed E-state index contributed by atoms with van der Waals surface area (Å²) < 4.78 is 1.20. The lowest BCUT2D eigenvalue weighted by Gasteiger charge is -2.06. The summed E-state index contributed by atoms with van der Waals surface area (Å²) in [6.45, 7) is 1.53. The Hall–Kier alpha value is -2.73. The van der Waals surface area contributed by atoms with E-state index < -0.39 is 0 Å². The van der Waals surface area contributed by atoms with E-state index in [0.29, 0.717) is 0 Å². The first-order valence-electron chi connectivity index (χ1n) is 7.43. The van der Waals surface area contributed by atoms with E-state index in [1.54, 1.807) is 17.5 Å². The molecule has 0 spiro atoms. The normalized spacial score (nSPS) is 11.0. The molecule has 0 unspecified atom stereocenters. The number of aromatic nitrogens is 3. The number of hydrogen-bond acceptors (Lipinski definition) is 6. The monoisotopic (exact) mass is 321 g/mol. The van der Waals surface area contributed by atoms with Crippen LogP contribution in [0.2, 0.25) is 0 Å². The Bertz CT molecular complexity index is 917. The highest BCUT2D eigenvalue weighted by molar-refractivity contribution is 7.22. The van der Waals surface area contributed by atoms with Crippen LogP contribution in [-0.4, -0.2) is 28.0 Å². The summed E-state index contributed by atoms with van der Waals surface area (Å²) in [4.78, 5) is 13.5. The second kappa shape index (κ2) is 6.18. The van der Waals surface area contributed by atoms with Crippen LogP contribution in [0.15, 0.2) is 54.7 Å². The molecule has 114 valence electrons. The summed E-state index contributed by atoms with van der Waals surface area (Å²) in [7, 11) is 0. The predicted molar refractivity (Wildman–Crippen MR) is 96.1 cm³/mol. The molecular formula is C17H15N5S. The van der Waals surface area contributed by atoms with Crippen molar-refractivity contribution in [3.63, 3.8) is 0 Å². The number of fused-ring (bicyclic) bond motifs is 2. The van der Waals surface area contributed by atoms with Crippen LogP contribution in [-0.2, 0) is 0 Å². The van der Waals surface area contributed by atoms with Crippen molar-refractivity contribution in [2.45, 2.75) is 0 Å². The maximum atomic E-state index is 4.55. The van der Waals surface area contributed by atoms with Gasteiger partial charge in [0.25, 0.3) is 0 Å². The maximum Gasteiger partial charge on any atom is 0.183 e. The van der Waals surface area contributed by atoms with E-state index in [-0.39, 0.29) is 0 Å². The van der Waals surface area contributed by atoms with Crippen LogP contribution in [0.3, 0.4) is 0 Å². The lowest BCUT2D eigenvalue weighted by atomic mass is 10.3. The quantitative estimate of drug-likeness (QED) is 0.548. The van der Waals surface area contributed by atoms with Crippen LogP contribution in [0.25, 0.3) is 21.3 Å². The number of nitrogens with one attached hydrogen (secondary N) is 2. The van der Waals surface area contributed by atoms with Crippen molar-refractivity contribution in [2.24, 2.45) is 0 Å². The zero-order valence-electron chi connectivity index (χ0n) is 12.4. The van der Waals surface area contributed by atoms with Crippen molar-refractivity contribution in [1.82, 2.24) is 15.0 Å². The van der Waals surface area contributed by atoms with E-state index in [4.69, 9.17) is 0 Å². The topological polar surface area (TPSA) is 62.7 Å². The minimum atomic E-state index is 0.753. The van der Waals surface area contributed by atoms with Gasteiger partial charge in [-0.3, -0.25) is 4.98 Å². The van der Waals surface area contributed by atoms with Gasteiger partial charge >= 0.3 is 0 Å². The molecule has 0 saturated carbocycles.